The fraction of sp³-hybridized carbons (Fsp3) is 0.370. The molecule has 2 heterocycles. The van der Waals surface area contributed by atoms with E-state index in [-0.39, 0.29) is 24.9 Å². The van der Waals surface area contributed by atoms with Crippen LogP contribution in [0.4, 0.5) is 31.1 Å². The summed E-state index contributed by atoms with van der Waals surface area (Å²) in [5, 5.41) is 10.7. The number of nitrogens with one attached hydrogen (secondary N) is 3. The number of rotatable bonds is 5. The first kappa shape index (κ1) is 29.7. The van der Waals surface area contributed by atoms with Crippen LogP contribution in [0.2, 0.25) is 0 Å². The Hall–Kier alpha value is -4.23. The van der Waals surface area contributed by atoms with Crippen LogP contribution < -0.4 is 15.4 Å². The van der Waals surface area contributed by atoms with Gasteiger partial charge in [0.2, 0.25) is 0 Å². The van der Waals surface area contributed by atoms with Gasteiger partial charge in [0.05, 0.1) is 0 Å². The number of ether oxygens (including phenoxy) is 1. The van der Waals surface area contributed by atoms with E-state index in [9.17, 15) is 35.9 Å². The van der Waals surface area contributed by atoms with Crippen molar-refractivity contribution in [2.45, 2.75) is 58.4 Å². The molecule has 8 nitrogen and oxygen atoms in total. The molecule has 2 aromatic carbocycles. The van der Waals surface area contributed by atoms with E-state index in [4.69, 9.17) is 0 Å². The van der Waals surface area contributed by atoms with Gasteiger partial charge in [-0.2, -0.15) is 18.3 Å². The summed E-state index contributed by atoms with van der Waals surface area (Å²) in [7, 11) is 0. The van der Waals surface area contributed by atoms with Gasteiger partial charge in [-0.1, -0.05) is 24.3 Å². The molecule has 0 saturated heterocycles. The van der Waals surface area contributed by atoms with Gasteiger partial charge in [-0.25, -0.2) is 4.79 Å². The second-order valence-corrected chi connectivity index (χ2v) is 10.5. The van der Waals surface area contributed by atoms with Crippen molar-refractivity contribution in [2.24, 2.45) is 0 Å². The molecule has 1 aliphatic rings. The van der Waals surface area contributed by atoms with Gasteiger partial charge in [0.25, 0.3) is 5.91 Å². The summed E-state index contributed by atoms with van der Waals surface area (Å²) < 4.78 is 81.2. The van der Waals surface area contributed by atoms with Crippen molar-refractivity contribution in [3.63, 3.8) is 0 Å². The minimum absolute atomic E-state index is 0.0956. The fourth-order valence-electron chi connectivity index (χ4n) is 4.46. The van der Waals surface area contributed by atoms with Gasteiger partial charge in [0.15, 0.2) is 5.69 Å². The number of alkyl halides is 6. The molecule has 1 aliphatic heterocycles. The molecule has 220 valence electrons. The van der Waals surface area contributed by atoms with Crippen LogP contribution in [0, 0.1) is 0 Å². The van der Waals surface area contributed by atoms with Crippen molar-refractivity contribution in [1.29, 1.82) is 0 Å². The predicted molar refractivity (Wildman–Crippen MR) is 136 cm³/mol. The normalized spacial score (nSPS) is 13.9. The third-order valence-corrected chi connectivity index (χ3v) is 6.21. The van der Waals surface area contributed by atoms with Crippen LogP contribution in [0.25, 0.3) is 11.1 Å². The highest BCUT2D eigenvalue weighted by molar-refractivity contribution is 5.92. The Balaban J connectivity index is 1.65. The summed E-state index contributed by atoms with van der Waals surface area (Å²) in [6, 6.07) is 9.14. The average molecular weight is 584 g/mol. The topological polar surface area (TPSA) is 99.4 Å². The second-order valence-electron chi connectivity index (χ2n) is 10.5. The van der Waals surface area contributed by atoms with Gasteiger partial charge >= 0.3 is 18.6 Å². The van der Waals surface area contributed by atoms with Crippen molar-refractivity contribution in [3.8, 4) is 16.9 Å². The number of carbonyl (C=O) groups is 2. The lowest BCUT2D eigenvalue weighted by molar-refractivity contribution is -0.274. The zero-order valence-corrected chi connectivity index (χ0v) is 22.3. The molecular formula is C27H27F6N5O3. The molecule has 0 fully saturated rings. The lowest BCUT2D eigenvalue weighted by Gasteiger charge is -2.34. The number of urea groups is 1. The van der Waals surface area contributed by atoms with Crippen molar-refractivity contribution >= 4 is 11.9 Å². The number of H-pyrrole nitrogens is 1. The molecule has 0 atom stereocenters. The van der Waals surface area contributed by atoms with Gasteiger partial charge < -0.3 is 20.3 Å². The molecule has 1 aromatic heterocycles. The molecule has 0 unspecified atom stereocenters. The average Bonchev–Trinajstić information content (AvgIpc) is 3.36. The first-order valence-electron chi connectivity index (χ1n) is 12.5. The van der Waals surface area contributed by atoms with Crippen LogP contribution in [-0.2, 0) is 25.7 Å². The van der Waals surface area contributed by atoms with Crippen LogP contribution in [0.1, 0.15) is 53.6 Å². The van der Waals surface area contributed by atoms with E-state index in [0.29, 0.717) is 41.3 Å². The van der Waals surface area contributed by atoms with Gasteiger partial charge in [0, 0.05) is 31.2 Å². The number of halogens is 6. The van der Waals surface area contributed by atoms with Crippen LogP contribution >= 0.6 is 0 Å². The highest BCUT2D eigenvalue weighted by atomic mass is 19.4. The maximum Gasteiger partial charge on any atom is 0.573 e. The van der Waals surface area contributed by atoms with Crippen LogP contribution in [0.3, 0.4) is 0 Å². The molecule has 0 spiro atoms. The fourth-order valence-corrected chi connectivity index (χ4v) is 4.46. The van der Waals surface area contributed by atoms with E-state index in [1.807, 2.05) is 20.8 Å². The lowest BCUT2D eigenvalue weighted by atomic mass is 9.87. The number of aromatic nitrogens is 2. The summed E-state index contributed by atoms with van der Waals surface area (Å²) >= 11 is 0. The van der Waals surface area contributed by atoms with Gasteiger partial charge in [-0.05, 0) is 67.1 Å². The van der Waals surface area contributed by atoms with E-state index in [2.05, 4.69) is 20.5 Å². The second kappa shape index (κ2) is 11.0. The highest BCUT2D eigenvalue weighted by Gasteiger charge is 2.34. The zero-order valence-electron chi connectivity index (χ0n) is 22.3. The SMILES string of the molecule is CC(C)(C)NC(=O)N1CCc2c(-c3cccc(OC(F)(F)F)c3)ccc(CNC(=O)c3cc(C(F)(F)F)[nH]n3)c2C1. The number of hydrogen-bond donors (Lipinski definition) is 3. The quantitative estimate of drug-likeness (QED) is 0.331. The minimum atomic E-state index is -4.86. The van der Waals surface area contributed by atoms with Crippen molar-refractivity contribution in [3.05, 3.63) is 70.5 Å². The molecular weight excluding hydrogens is 556 g/mol. The Morgan fingerprint density at radius 1 is 1.02 bits per heavy atom. The maximum atomic E-state index is 12.9. The smallest absolute Gasteiger partial charge is 0.406 e. The number of hydrogen-bond acceptors (Lipinski definition) is 4. The largest absolute Gasteiger partial charge is 0.573 e. The standard InChI is InChI=1S/C27H27F6N5O3/c1-25(2,3)35-24(40)38-10-9-19-18(15-5-4-6-17(11-15)41-27(31,32)33)8-7-16(20(19)14-38)13-34-23(39)21-12-22(37-36-21)26(28,29)30/h4-8,11-12H,9-10,13-14H2,1-3H3,(H,34,39)(H,35,40)(H,36,37). The third kappa shape index (κ3) is 7.50. The Morgan fingerprint density at radius 3 is 2.39 bits per heavy atom. The number of carbonyl (C=O) groups excluding carboxylic acids is 2. The number of fused-ring (bicyclic) bond motifs is 1. The van der Waals surface area contributed by atoms with Crippen molar-refractivity contribution in [1.82, 2.24) is 25.7 Å². The summed E-state index contributed by atoms with van der Waals surface area (Å²) in [4.78, 5) is 27.1. The molecule has 3 aromatic rings. The first-order valence-corrected chi connectivity index (χ1v) is 12.5. The summed E-state index contributed by atoms with van der Waals surface area (Å²) in [6.45, 7) is 5.85. The van der Waals surface area contributed by atoms with Crippen LogP contribution in [-0.4, -0.2) is 45.5 Å². The van der Waals surface area contributed by atoms with E-state index < -0.39 is 35.4 Å². The number of aromatic amines is 1. The Morgan fingerprint density at radius 2 is 1.76 bits per heavy atom. The minimum Gasteiger partial charge on any atom is -0.406 e. The number of benzene rings is 2. The van der Waals surface area contributed by atoms with Gasteiger partial charge in [0.1, 0.15) is 11.4 Å². The van der Waals surface area contributed by atoms with E-state index in [1.165, 1.54) is 18.2 Å². The van der Waals surface area contributed by atoms with Crippen molar-refractivity contribution in [2.75, 3.05) is 6.54 Å². The van der Waals surface area contributed by atoms with Gasteiger partial charge in [-0.3, -0.25) is 9.89 Å². The molecule has 0 aliphatic carbocycles. The van der Waals surface area contributed by atoms with E-state index >= 15 is 0 Å². The summed E-state index contributed by atoms with van der Waals surface area (Å²) in [5.74, 6) is -1.23. The van der Waals surface area contributed by atoms with E-state index in [0.717, 1.165) is 5.56 Å². The Bertz CT molecular complexity index is 1440. The summed E-state index contributed by atoms with van der Waals surface area (Å²) in [5.41, 5.74) is 0.978. The Kier molecular flexibility index (Phi) is 7.96. The van der Waals surface area contributed by atoms with Crippen LogP contribution in [0.5, 0.6) is 5.75 Å². The predicted octanol–water partition coefficient (Wildman–Crippen LogP) is 5.79. The highest BCUT2D eigenvalue weighted by Crippen LogP contribution is 2.35. The molecule has 4 rings (SSSR count). The molecule has 0 radical (unpaired) electrons. The zero-order chi connectivity index (χ0) is 30.2. The molecule has 14 heteroatoms. The third-order valence-electron chi connectivity index (χ3n) is 6.21. The number of amides is 3. The van der Waals surface area contributed by atoms with E-state index in [1.54, 1.807) is 28.2 Å². The van der Waals surface area contributed by atoms with Crippen molar-refractivity contribution < 1.29 is 40.7 Å². The first-order chi connectivity index (χ1) is 19.0. The Labute approximate surface area is 231 Å². The maximum absolute atomic E-state index is 12.9. The van der Waals surface area contributed by atoms with Gasteiger partial charge in [-0.15, -0.1) is 13.2 Å². The number of nitrogens with zero attached hydrogens (tertiary/aromatic N) is 2. The molecule has 3 N–H and O–H groups in total. The monoisotopic (exact) mass is 583 g/mol. The molecule has 0 saturated carbocycles. The molecule has 41 heavy (non-hydrogen) atoms. The molecule has 0 bridgehead atoms. The molecule has 3 amide bonds. The van der Waals surface area contributed by atoms with Crippen LogP contribution in [0.15, 0.2) is 42.5 Å². The lowest BCUT2D eigenvalue weighted by Crippen LogP contribution is -2.50. The summed E-state index contributed by atoms with van der Waals surface area (Å²) in [6.07, 6.45) is -9.20.